The Morgan fingerprint density at radius 3 is 3.00 bits per heavy atom. The van der Waals surface area contributed by atoms with Crippen molar-refractivity contribution in [1.29, 1.82) is 5.26 Å². The Bertz CT molecular complexity index is 932. The van der Waals surface area contributed by atoms with Crippen molar-refractivity contribution in [1.82, 2.24) is 19.9 Å². The Labute approximate surface area is 143 Å². The number of hydrogen-bond donors (Lipinski definition) is 1. The van der Waals surface area contributed by atoms with E-state index in [4.69, 9.17) is 0 Å². The Morgan fingerprint density at radius 2 is 2.17 bits per heavy atom. The fourth-order valence-corrected chi connectivity index (χ4v) is 3.13. The Morgan fingerprint density at radius 1 is 1.25 bits per heavy atom. The molecule has 1 atom stereocenters. The summed E-state index contributed by atoms with van der Waals surface area (Å²) in [6.07, 6.45) is 8.85. The van der Waals surface area contributed by atoms with Crippen LogP contribution in [0, 0.1) is 23.2 Å². The van der Waals surface area contributed by atoms with Crippen molar-refractivity contribution in [2.45, 2.75) is 11.9 Å². The molecule has 0 saturated carbocycles. The van der Waals surface area contributed by atoms with Gasteiger partial charge < -0.3 is 14.8 Å². The van der Waals surface area contributed by atoms with Gasteiger partial charge >= 0.3 is 0 Å². The zero-order valence-corrected chi connectivity index (χ0v) is 13.4. The van der Waals surface area contributed by atoms with Gasteiger partial charge in [-0.3, -0.25) is 0 Å². The standard InChI is InChI=1S/C17H12N6S/c18-11-15-17(21-6-5-19-15)22-8-9-23-13(1-2-14(23)12-22)3-4-16-20-7-10-24-16/h1-2,5-10,16,20H,12H2. The minimum Gasteiger partial charge on any atom is -0.369 e. The molecule has 0 bridgehead atoms. The van der Waals surface area contributed by atoms with Crippen molar-refractivity contribution in [2.24, 2.45) is 0 Å². The molecule has 2 aliphatic rings. The van der Waals surface area contributed by atoms with Gasteiger partial charge in [0.15, 0.2) is 11.5 Å². The molecule has 116 valence electrons. The van der Waals surface area contributed by atoms with Gasteiger partial charge in [-0.1, -0.05) is 17.7 Å². The lowest BCUT2D eigenvalue weighted by Crippen LogP contribution is -2.23. The van der Waals surface area contributed by atoms with Crippen LogP contribution < -0.4 is 10.2 Å². The third-order valence-corrected chi connectivity index (χ3v) is 4.47. The molecule has 6 nitrogen and oxygen atoms in total. The molecule has 0 saturated heterocycles. The molecule has 4 rings (SSSR count). The van der Waals surface area contributed by atoms with E-state index in [1.165, 1.54) is 6.20 Å². The first-order valence-corrected chi connectivity index (χ1v) is 8.24. The normalized spacial score (nSPS) is 17.6. The molecule has 2 aliphatic heterocycles. The van der Waals surface area contributed by atoms with E-state index in [9.17, 15) is 5.26 Å². The van der Waals surface area contributed by atoms with Crippen molar-refractivity contribution in [3.8, 4) is 17.9 Å². The first-order valence-electron chi connectivity index (χ1n) is 7.29. The lowest BCUT2D eigenvalue weighted by Gasteiger charge is -2.24. The summed E-state index contributed by atoms with van der Waals surface area (Å²) in [5.41, 5.74) is 2.34. The number of nitrogens with zero attached hydrogens (tertiary/aromatic N) is 5. The lowest BCUT2D eigenvalue weighted by atomic mass is 10.3. The average molecular weight is 332 g/mol. The van der Waals surface area contributed by atoms with Gasteiger partial charge in [-0.15, -0.1) is 0 Å². The SMILES string of the molecule is N#Cc1nccnc1N1C=Cn2c(C#CC3NC=CS3)ccc2C1. The van der Waals surface area contributed by atoms with Crippen LogP contribution in [0.2, 0.25) is 0 Å². The van der Waals surface area contributed by atoms with Gasteiger partial charge in [-0.25, -0.2) is 9.97 Å². The number of aromatic nitrogens is 3. The highest BCUT2D eigenvalue weighted by Gasteiger charge is 2.18. The van der Waals surface area contributed by atoms with Gasteiger partial charge in [0, 0.05) is 36.7 Å². The van der Waals surface area contributed by atoms with Crippen LogP contribution in [0.5, 0.6) is 0 Å². The number of fused-ring (bicyclic) bond motifs is 1. The van der Waals surface area contributed by atoms with Crippen LogP contribution in [-0.2, 0) is 6.54 Å². The lowest BCUT2D eigenvalue weighted by molar-refractivity contribution is 0.837. The van der Waals surface area contributed by atoms with Gasteiger partial charge in [0.05, 0.1) is 12.2 Å². The predicted octanol–water partition coefficient (Wildman–Crippen LogP) is 2.08. The molecule has 1 unspecified atom stereocenters. The highest BCUT2D eigenvalue weighted by Crippen LogP contribution is 2.23. The molecule has 0 aromatic carbocycles. The molecule has 1 N–H and O–H groups in total. The van der Waals surface area contributed by atoms with Crippen molar-refractivity contribution in [2.75, 3.05) is 4.90 Å². The van der Waals surface area contributed by atoms with E-state index in [1.807, 2.05) is 41.0 Å². The molecule has 2 aromatic heterocycles. The summed E-state index contributed by atoms with van der Waals surface area (Å²) < 4.78 is 2.05. The number of hydrogen-bond acceptors (Lipinski definition) is 6. The van der Waals surface area contributed by atoms with E-state index in [2.05, 4.69) is 37.8 Å². The van der Waals surface area contributed by atoms with Crippen molar-refractivity contribution >= 4 is 23.8 Å². The topological polar surface area (TPSA) is 69.8 Å². The minimum atomic E-state index is 0.109. The van der Waals surface area contributed by atoms with Crippen molar-refractivity contribution < 1.29 is 0 Å². The second-order valence-corrected chi connectivity index (χ2v) is 6.12. The van der Waals surface area contributed by atoms with E-state index < -0.39 is 0 Å². The molecular weight excluding hydrogens is 320 g/mol. The van der Waals surface area contributed by atoms with Gasteiger partial charge in [-0.05, 0) is 23.5 Å². The Kier molecular flexibility index (Phi) is 3.70. The third-order valence-electron chi connectivity index (χ3n) is 3.65. The summed E-state index contributed by atoms with van der Waals surface area (Å²) in [6, 6.07) is 6.12. The number of anilines is 1. The summed E-state index contributed by atoms with van der Waals surface area (Å²) in [5, 5.41) is 14.5. The maximum Gasteiger partial charge on any atom is 0.183 e. The first-order chi connectivity index (χ1) is 11.8. The molecule has 0 spiro atoms. The number of thioether (sulfide) groups is 1. The minimum absolute atomic E-state index is 0.109. The summed E-state index contributed by atoms with van der Waals surface area (Å²) in [7, 11) is 0. The zero-order valence-electron chi connectivity index (χ0n) is 12.5. The van der Waals surface area contributed by atoms with E-state index in [-0.39, 0.29) is 5.37 Å². The maximum atomic E-state index is 9.18. The third kappa shape index (κ3) is 2.62. The van der Waals surface area contributed by atoms with Crippen LogP contribution >= 0.6 is 11.8 Å². The fourth-order valence-electron chi connectivity index (χ4n) is 2.54. The zero-order chi connectivity index (χ0) is 16.4. The molecule has 0 fully saturated rings. The fraction of sp³-hybridized carbons (Fsp3) is 0.118. The summed E-state index contributed by atoms with van der Waals surface area (Å²) >= 11 is 1.66. The average Bonchev–Trinajstić information content (AvgIpc) is 3.29. The summed E-state index contributed by atoms with van der Waals surface area (Å²) in [4.78, 5) is 10.3. The van der Waals surface area contributed by atoms with Crippen LogP contribution in [0.4, 0.5) is 5.82 Å². The summed E-state index contributed by atoms with van der Waals surface area (Å²) in [5.74, 6) is 6.98. The summed E-state index contributed by atoms with van der Waals surface area (Å²) in [6.45, 7) is 0.615. The quantitative estimate of drug-likeness (QED) is 0.807. The van der Waals surface area contributed by atoms with Crippen molar-refractivity contribution in [3.05, 3.63) is 59.4 Å². The van der Waals surface area contributed by atoms with Gasteiger partial charge in [-0.2, -0.15) is 5.26 Å². The van der Waals surface area contributed by atoms with E-state index >= 15 is 0 Å². The largest absolute Gasteiger partial charge is 0.369 e. The van der Waals surface area contributed by atoms with Crippen LogP contribution in [-0.4, -0.2) is 19.9 Å². The molecule has 0 amide bonds. The maximum absolute atomic E-state index is 9.18. The van der Waals surface area contributed by atoms with Crippen LogP contribution in [0.1, 0.15) is 17.1 Å². The molecule has 0 radical (unpaired) electrons. The number of nitriles is 1. The number of rotatable bonds is 1. The van der Waals surface area contributed by atoms with E-state index in [0.29, 0.717) is 18.1 Å². The first kappa shape index (κ1) is 14.4. The smallest absolute Gasteiger partial charge is 0.183 e. The molecular formula is C17H12N6S. The van der Waals surface area contributed by atoms with Crippen LogP contribution in [0.3, 0.4) is 0 Å². The van der Waals surface area contributed by atoms with E-state index in [0.717, 1.165) is 11.4 Å². The second-order valence-electron chi connectivity index (χ2n) is 5.10. The monoisotopic (exact) mass is 332 g/mol. The van der Waals surface area contributed by atoms with Gasteiger partial charge in [0.2, 0.25) is 0 Å². The highest BCUT2D eigenvalue weighted by atomic mass is 32.2. The second kappa shape index (κ2) is 6.15. The van der Waals surface area contributed by atoms with Gasteiger partial charge in [0.1, 0.15) is 11.4 Å². The Balaban J connectivity index is 1.59. The molecule has 0 aliphatic carbocycles. The van der Waals surface area contributed by atoms with E-state index in [1.54, 1.807) is 18.0 Å². The van der Waals surface area contributed by atoms with Gasteiger partial charge in [0.25, 0.3) is 0 Å². The molecule has 4 heterocycles. The van der Waals surface area contributed by atoms with Crippen LogP contribution in [0.25, 0.3) is 6.20 Å². The Hall–Kier alpha value is -3.16. The molecule has 7 heteroatoms. The highest BCUT2D eigenvalue weighted by molar-refractivity contribution is 8.03. The number of nitrogens with one attached hydrogen (secondary N) is 1. The predicted molar refractivity (Wildman–Crippen MR) is 93.2 cm³/mol. The molecule has 24 heavy (non-hydrogen) atoms. The van der Waals surface area contributed by atoms with Crippen LogP contribution in [0.15, 0.2) is 42.3 Å². The van der Waals surface area contributed by atoms with Crippen molar-refractivity contribution in [3.63, 3.8) is 0 Å². The molecule has 2 aromatic rings.